The van der Waals surface area contributed by atoms with Crippen molar-refractivity contribution in [2.24, 2.45) is 0 Å². The predicted octanol–water partition coefficient (Wildman–Crippen LogP) is 1.94. The second-order valence-corrected chi connectivity index (χ2v) is 2.37. The molecule has 0 saturated carbocycles. The van der Waals surface area contributed by atoms with E-state index in [0.29, 0.717) is 0 Å². The molecule has 4 nitrogen and oxygen atoms in total. The Morgan fingerprint density at radius 1 is 1.33 bits per heavy atom. The lowest BCUT2D eigenvalue weighted by molar-refractivity contribution is -0.142. The van der Waals surface area contributed by atoms with Crippen LogP contribution in [-0.2, 0) is 14.3 Å². The molecule has 0 fully saturated rings. The fraction of sp³-hybridized carbons (Fsp3) is 0.273. The van der Waals surface area contributed by atoms with Crippen LogP contribution in [0.15, 0.2) is 37.5 Å². The molecule has 0 spiro atoms. The lowest BCUT2D eigenvalue weighted by Gasteiger charge is -2.00. The molecule has 4 heteroatoms. The maximum absolute atomic E-state index is 10.7. The Kier molecular flexibility index (Phi) is 10.7. The first-order valence-electron chi connectivity index (χ1n) is 4.29. The zero-order chi connectivity index (χ0) is 12.3. The molecular weight excluding hydrogens is 196 g/mol. The highest BCUT2D eigenvalue weighted by Crippen LogP contribution is 2.00. The SMILES string of the molecule is C=C(CC(=O)O)C(=O)OCC.C=CC=C. The van der Waals surface area contributed by atoms with Gasteiger partial charge in [-0.15, -0.1) is 0 Å². The maximum atomic E-state index is 10.7. The van der Waals surface area contributed by atoms with Gasteiger partial charge in [0.2, 0.25) is 0 Å². The Balaban J connectivity index is 0. The Morgan fingerprint density at radius 3 is 2.07 bits per heavy atom. The van der Waals surface area contributed by atoms with E-state index in [0.717, 1.165) is 0 Å². The maximum Gasteiger partial charge on any atom is 0.333 e. The third-order valence-corrected chi connectivity index (χ3v) is 1.10. The van der Waals surface area contributed by atoms with Gasteiger partial charge in [-0.3, -0.25) is 4.79 Å². The summed E-state index contributed by atoms with van der Waals surface area (Å²) in [4.78, 5) is 20.7. The number of rotatable bonds is 5. The number of esters is 1. The summed E-state index contributed by atoms with van der Waals surface area (Å²) in [5.41, 5.74) is -0.0284. The lowest BCUT2D eigenvalue weighted by atomic mass is 10.2. The fourth-order valence-corrected chi connectivity index (χ4v) is 0.488. The quantitative estimate of drug-likeness (QED) is 0.429. The highest BCUT2D eigenvalue weighted by Gasteiger charge is 2.10. The van der Waals surface area contributed by atoms with Gasteiger partial charge in [-0.25, -0.2) is 4.79 Å². The van der Waals surface area contributed by atoms with Gasteiger partial charge in [0.05, 0.1) is 13.0 Å². The molecule has 0 aliphatic heterocycles. The summed E-state index contributed by atoms with van der Waals surface area (Å²) in [7, 11) is 0. The van der Waals surface area contributed by atoms with Crippen LogP contribution in [0.2, 0.25) is 0 Å². The van der Waals surface area contributed by atoms with E-state index in [-0.39, 0.29) is 18.6 Å². The van der Waals surface area contributed by atoms with E-state index in [2.05, 4.69) is 24.5 Å². The summed E-state index contributed by atoms with van der Waals surface area (Å²) >= 11 is 0. The average Bonchev–Trinajstić information content (AvgIpc) is 2.17. The van der Waals surface area contributed by atoms with E-state index in [1.807, 2.05) is 0 Å². The van der Waals surface area contributed by atoms with E-state index < -0.39 is 11.9 Å². The number of allylic oxidation sites excluding steroid dienone is 2. The smallest absolute Gasteiger partial charge is 0.333 e. The Bertz CT molecular complexity index is 247. The number of carbonyl (C=O) groups is 2. The molecule has 0 radical (unpaired) electrons. The second-order valence-electron chi connectivity index (χ2n) is 2.37. The van der Waals surface area contributed by atoms with Crippen LogP contribution in [-0.4, -0.2) is 23.7 Å². The first kappa shape index (κ1) is 15.6. The topological polar surface area (TPSA) is 63.6 Å². The van der Waals surface area contributed by atoms with Gasteiger partial charge >= 0.3 is 11.9 Å². The van der Waals surface area contributed by atoms with E-state index >= 15 is 0 Å². The van der Waals surface area contributed by atoms with Crippen molar-refractivity contribution in [2.45, 2.75) is 13.3 Å². The van der Waals surface area contributed by atoms with E-state index in [4.69, 9.17) is 5.11 Å². The second kappa shape index (κ2) is 10.2. The molecule has 15 heavy (non-hydrogen) atoms. The van der Waals surface area contributed by atoms with Crippen LogP contribution in [0, 0.1) is 0 Å². The lowest BCUT2D eigenvalue weighted by Crippen LogP contribution is -2.10. The number of ether oxygens (including phenoxy) is 1. The number of hydrogen-bond acceptors (Lipinski definition) is 3. The Hall–Kier alpha value is -1.84. The number of carboxylic acid groups (broad SMARTS) is 1. The van der Waals surface area contributed by atoms with Crippen LogP contribution in [0.3, 0.4) is 0 Å². The van der Waals surface area contributed by atoms with E-state index in [1.165, 1.54) is 0 Å². The van der Waals surface area contributed by atoms with Gasteiger partial charge in [-0.1, -0.05) is 31.9 Å². The number of hydrogen-bond donors (Lipinski definition) is 1. The first-order chi connectivity index (χ1) is 6.99. The van der Waals surface area contributed by atoms with Gasteiger partial charge in [0.1, 0.15) is 0 Å². The van der Waals surface area contributed by atoms with Crippen LogP contribution in [0.4, 0.5) is 0 Å². The number of carboxylic acids is 1. The third-order valence-electron chi connectivity index (χ3n) is 1.10. The van der Waals surface area contributed by atoms with Gasteiger partial charge in [-0.05, 0) is 6.92 Å². The van der Waals surface area contributed by atoms with Crippen molar-refractivity contribution in [3.8, 4) is 0 Å². The van der Waals surface area contributed by atoms with Gasteiger partial charge in [0.25, 0.3) is 0 Å². The highest BCUT2D eigenvalue weighted by molar-refractivity contribution is 5.92. The Labute approximate surface area is 89.6 Å². The van der Waals surface area contributed by atoms with Crippen molar-refractivity contribution in [1.29, 1.82) is 0 Å². The number of aliphatic carboxylic acids is 1. The van der Waals surface area contributed by atoms with Gasteiger partial charge < -0.3 is 9.84 Å². The first-order valence-corrected chi connectivity index (χ1v) is 4.29. The molecule has 0 unspecified atom stereocenters. The van der Waals surface area contributed by atoms with Crippen LogP contribution >= 0.6 is 0 Å². The minimum absolute atomic E-state index is 0.0284. The summed E-state index contributed by atoms with van der Waals surface area (Å²) in [5.74, 6) is -1.72. The van der Waals surface area contributed by atoms with Crippen molar-refractivity contribution in [2.75, 3.05) is 6.61 Å². The molecule has 0 bridgehead atoms. The Morgan fingerprint density at radius 2 is 1.80 bits per heavy atom. The van der Waals surface area contributed by atoms with Crippen molar-refractivity contribution in [3.05, 3.63) is 37.5 Å². The van der Waals surface area contributed by atoms with Crippen molar-refractivity contribution < 1.29 is 19.4 Å². The molecule has 0 heterocycles. The predicted molar refractivity (Wildman–Crippen MR) is 58.4 cm³/mol. The summed E-state index contributed by atoms with van der Waals surface area (Å²) < 4.78 is 4.50. The largest absolute Gasteiger partial charge is 0.481 e. The molecule has 0 atom stereocenters. The molecule has 0 amide bonds. The zero-order valence-electron chi connectivity index (χ0n) is 8.86. The van der Waals surface area contributed by atoms with Gasteiger partial charge in [-0.2, -0.15) is 0 Å². The van der Waals surface area contributed by atoms with Crippen LogP contribution in [0.1, 0.15) is 13.3 Å². The standard InChI is InChI=1S/C7H10O4.C4H6/c1-3-11-7(10)5(2)4-6(8)9;1-3-4-2/h2-4H2,1H3,(H,8,9);3-4H,1-2H2. The minimum atomic E-state index is -1.08. The molecule has 0 aromatic rings. The van der Waals surface area contributed by atoms with Crippen molar-refractivity contribution in [3.63, 3.8) is 0 Å². The van der Waals surface area contributed by atoms with Crippen LogP contribution in [0.5, 0.6) is 0 Å². The zero-order valence-corrected chi connectivity index (χ0v) is 8.86. The highest BCUT2D eigenvalue weighted by atomic mass is 16.5. The third kappa shape index (κ3) is 12.2. The van der Waals surface area contributed by atoms with Gasteiger partial charge in [0.15, 0.2) is 0 Å². The molecular formula is C11H16O4. The monoisotopic (exact) mass is 212 g/mol. The summed E-state index contributed by atoms with van der Waals surface area (Å²) in [6.45, 7) is 11.9. The molecule has 0 rings (SSSR count). The summed E-state index contributed by atoms with van der Waals surface area (Å²) in [5, 5.41) is 8.23. The van der Waals surface area contributed by atoms with Crippen molar-refractivity contribution >= 4 is 11.9 Å². The molecule has 0 aromatic heterocycles. The molecule has 84 valence electrons. The number of carbonyl (C=O) groups excluding carboxylic acids is 1. The molecule has 0 saturated heterocycles. The van der Waals surface area contributed by atoms with Crippen LogP contribution in [0.25, 0.3) is 0 Å². The fourth-order valence-electron chi connectivity index (χ4n) is 0.488. The molecule has 0 aliphatic carbocycles. The molecule has 0 aliphatic rings. The summed E-state index contributed by atoms with van der Waals surface area (Å²) in [6, 6.07) is 0. The molecule has 0 aromatic carbocycles. The van der Waals surface area contributed by atoms with E-state index in [1.54, 1.807) is 19.1 Å². The van der Waals surface area contributed by atoms with Crippen molar-refractivity contribution in [1.82, 2.24) is 0 Å². The van der Waals surface area contributed by atoms with Crippen LogP contribution < -0.4 is 0 Å². The summed E-state index contributed by atoms with van der Waals surface area (Å²) in [6.07, 6.45) is 2.92. The molecule has 1 N–H and O–H groups in total. The van der Waals surface area contributed by atoms with Gasteiger partial charge in [0, 0.05) is 5.57 Å². The van der Waals surface area contributed by atoms with E-state index in [9.17, 15) is 9.59 Å². The minimum Gasteiger partial charge on any atom is -0.481 e. The average molecular weight is 212 g/mol. The normalized spacial score (nSPS) is 7.80.